The summed E-state index contributed by atoms with van der Waals surface area (Å²) in [5.74, 6) is 0.474. The van der Waals surface area contributed by atoms with Crippen LogP contribution in [0, 0.1) is 0 Å². The van der Waals surface area contributed by atoms with Crippen LogP contribution in [0.2, 0.25) is 0 Å². The van der Waals surface area contributed by atoms with Crippen LogP contribution in [-0.2, 0) is 16.8 Å². The first-order chi connectivity index (χ1) is 7.25. The van der Waals surface area contributed by atoms with Crippen molar-refractivity contribution in [1.82, 2.24) is 10.1 Å². The average Bonchev–Trinajstić information content (AvgIpc) is 2.67. The first-order valence-corrected chi connectivity index (χ1v) is 5.49. The van der Waals surface area contributed by atoms with Gasteiger partial charge in [0.2, 0.25) is 0 Å². The van der Waals surface area contributed by atoms with Gasteiger partial charge in [-0.1, -0.05) is 23.4 Å². The molecule has 0 fully saturated rings. The maximum absolute atomic E-state index is 10.5. The van der Waals surface area contributed by atoms with Crippen LogP contribution in [0.5, 0.6) is 0 Å². The molecule has 15 heavy (non-hydrogen) atoms. The van der Waals surface area contributed by atoms with Gasteiger partial charge >= 0.3 is 0 Å². The van der Waals surface area contributed by atoms with Gasteiger partial charge in [-0.15, -0.1) is 0 Å². The first kappa shape index (κ1) is 10.0. The molecular formula is C9H8N2O3S. The van der Waals surface area contributed by atoms with E-state index in [1.807, 2.05) is 30.3 Å². The number of benzene rings is 1. The number of hydrogen-bond donors (Lipinski definition) is 1. The van der Waals surface area contributed by atoms with Gasteiger partial charge in [0.25, 0.3) is 5.89 Å². The highest BCUT2D eigenvalue weighted by Crippen LogP contribution is 2.16. The fourth-order valence-electron chi connectivity index (χ4n) is 1.12. The van der Waals surface area contributed by atoms with Crippen LogP contribution in [0.3, 0.4) is 0 Å². The Labute approximate surface area is 88.4 Å². The maximum atomic E-state index is 10.5. The Balaban J connectivity index is 2.24. The van der Waals surface area contributed by atoms with Gasteiger partial charge in [-0.2, -0.15) is 4.98 Å². The van der Waals surface area contributed by atoms with Crippen molar-refractivity contribution in [2.24, 2.45) is 0 Å². The van der Waals surface area contributed by atoms with Crippen LogP contribution in [0.1, 0.15) is 5.82 Å². The zero-order valence-electron chi connectivity index (χ0n) is 7.66. The van der Waals surface area contributed by atoms with E-state index in [1.165, 1.54) is 0 Å². The monoisotopic (exact) mass is 224 g/mol. The molecule has 78 valence electrons. The molecule has 0 bridgehead atoms. The van der Waals surface area contributed by atoms with Crippen molar-refractivity contribution in [3.8, 4) is 11.5 Å². The van der Waals surface area contributed by atoms with Crippen molar-refractivity contribution in [3.05, 3.63) is 36.2 Å². The standard InChI is InChI=1S/C9H8N2O3S/c12-15(13)6-8-10-9(14-11-8)7-4-2-1-3-5-7/h1-5H,6H2,(H,12,13). The molecule has 1 aromatic carbocycles. The fraction of sp³-hybridized carbons (Fsp3) is 0.111. The summed E-state index contributed by atoms with van der Waals surface area (Å²) in [5, 5.41) is 3.59. The van der Waals surface area contributed by atoms with Gasteiger partial charge < -0.3 is 9.08 Å². The van der Waals surface area contributed by atoms with E-state index in [-0.39, 0.29) is 11.6 Å². The number of hydrogen-bond acceptors (Lipinski definition) is 4. The molecule has 0 aliphatic rings. The van der Waals surface area contributed by atoms with E-state index >= 15 is 0 Å². The molecule has 0 saturated carbocycles. The highest BCUT2D eigenvalue weighted by Gasteiger charge is 2.09. The summed E-state index contributed by atoms with van der Waals surface area (Å²) < 4.78 is 24.1. The zero-order valence-corrected chi connectivity index (χ0v) is 8.48. The second-order valence-electron chi connectivity index (χ2n) is 2.85. The van der Waals surface area contributed by atoms with Gasteiger partial charge in [-0.05, 0) is 12.1 Å². The summed E-state index contributed by atoms with van der Waals surface area (Å²) in [4.78, 5) is 3.99. The molecule has 0 aliphatic carbocycles. The predicted octanol–water partition coefficient (Wildman–Crippen LogP) is 1.46. The molecule has 2 aromatic rings. The third-order valence-electron chi connectivity index (χ3n) is 1.74. The molecule has 1 aromatic heterocycles. The van der Waals surface area contributed by atoms with E-state index < -0.39 is 11.1 Å². The van der Waals surface area contributed by atoms with Gasteiger partial charge in [0.05, 0.1) is 0 Å². The SMILES string of the molecule is O=S(O)Cc1noc(-c2ccccc2)n1. The van der Waals surface area contributed by atoms with Crippen LogP contribution in [0.15, 0.2) is 34.9 Å². The van der Waals surface area contributed by atoms with Crippen LogP contribution in [-0.4, -0.2) is 18.9 Å². The van der Waals surface area contributed by atoms with Crippen molar-refractivity contribution < 1.29 is 13.3 Å². The lowest BCUT2D eigenvalue weighted by molar-refractivity contribution is 0.424. The summed E-state index contributed by atoms with van der Waals surface area (Å²) in [5.41, 5.74) is 0.792. The minimum absolute atomic E-state index is 0.115. The molecular weight excluding hydrogens is 216 g/mol. The van der Waals surface area contributed by atoms with E-state index in [9.17, 15) is 4.21 Å². The molecule has 0 aliphatic heterocycles. The molecule has 1 N–H and O–H groups in total. The molecule has 6 heteroatoms. The topological polar surface area (TPSA) is 76.2 Å². The normalized spacial score (nSPS) is 12.6. The molecule has 1 atom stereocenters. The second-order valence-corrected chi connectivity index (χ2v) is 3.78. The van der Waals surface area contributed by atoms with E-state index in [0.717, 1.165) is 5.56 Å². The number of nitrogens with zero attached hydrogens (tertiary/aromatic N) is 2. The Morgan fingerprint density at radius 2 is 2.07 bits per heavy atom. The van der Waals surface area contributed by atoms with Gasteiger partial charge in [-0.25, -0.2) is 4.21 Å². The number of rotatable bonds is 3. The van der Waals surface area contributed by atoms with Crippen LogP contribution in [0.4, 0.5) is 0 Å². The van der Waals surface area contributed by atoms with Crippen LogP contribution >= 0.6 is 0 Å². The molecule has 1 heterocycles. The van der Waals surface area contributed by atoms with Gasteiger partial charge in [-0.3, -0.25) is 0 Å². The van der Waals surface area contributed by atoms with E-state index in [2.05, 4.69) is 10.1 Å². The van der Waals surface area contributed by atoms with Gasteiger partial charge in [0.15, 0.2) is 16.9 Å². The van der Waals surface area contributed by atoms with Crippen molar-refractivity contribution in [2.75, 3.05) is 0 Å². The largest absolute Gasteiger partial charge is 0.334 e. The Hall–Kier alpha value is -1.53. The summed E-state index contributed by atoms with van der Waals surface area (Å²) in [6, 6.07) is 9.23. The molecule has 0 radical (unpaired) electrons. The molecule has 0 saturated heterocycles. The Bertz CT molecular complexity index is 469. The van der Waals surface area contributed by atoms with Crippen LogP contribution in [0.25, 0.3) is 11.5 Å². The lowest BCUT2D eigenvalue weighted by atomic mass is 10.2. The quantitative estimate of drug-likeness (QED) is 0.798. The third-order valence-corrected chi connectivity index (χ3v) is 2.25. The predicted molar refractivity (Wildman–Crippen MR) is 54.2 cm³/mol. The molecule has 5 nitrogen and oxygen atoms in total. The van der Waals surface area contributed by atoms with Gasteiger partial charge in [0, 0.05) is 5.56 Å². The van der Waals surface area contributed by atoms with Crippen molar-refractivity contribution >= 4 is 11.1 Å². The third kappa shape index (κ3) is 2.48. The molecule has 2 rings (SSSR count). The second kappa shape index (κ2) is 4.33. The minimum Gasteiger partial charge on any atom is -0.334 e. The summed E-state index contributed by atoms with van der Waals surface area (Å²) in [6.45, 7) is 0. The summed E-state index contributed by atoms with van der Waals surface area (Å²) in [7, 11) is 0. The van der Waals surface area contributed by atoms with E-state index in [1.54, 1.807) is 0 Å². The first-order valence-electron chi connectivity index (χ1n) is 4.21. The zero-order chi connectivity index (χ0) is 10.7. The van der Waals surface area contributed by atoms with Crippen molar-refractivity contribution in [1.29, 1.82) is 0 Å². The number of aromatic nitrogens is 2. The maximum Gasteiger partial charge on any atom is 0.257 e. The smallest absolute Gasteiger partial charge is 0.257 e. The molecule has 0 amide bonds. The minimum atomic E-state index is -1.94. The lowest BCUT2D eigenvalue weighted by Gasteiger charge is -1.90. The van der Waals surface area contributed by atoms with Crippen LogP contribution < -0.4 is 0 Å². The van der Waals surface area contributed by atoms with Crippen molar-refractivity contribution in [2.45, 2.75) is 5.75 Å². The summed E-state index contributed by atoms with van der Waals surface area (Å²) in [6.07, 6.45) is 0. The Kier molecular flexibility index (Phi) is 2.89. The molecule has 0 spiro atoms. The average molecular weight is 224 g/mol. The van der Waals surface area contributed by atoms with Crippen molar-refractivity contribution in [3.63, 3.8) is 0 Å². The molecule has 1 unspecified atom stereocenters. The summed E-state index contributed by atoms with van der Waals surface area (Å²) >= 11 is -1.94. The fourth-order valence-corrected chi connectivity index (χ4v) is 1.46. The van der Waals surface area contributed by atoms with E-state index in [0.29, 0.717) is 5.89 Å². The highest BCUT2D eigenvalue weighted by molar-refractivity contribution is 7.78. The van der Waals surface area contributed by atoms with E-state index in [4.69, 9.17) is 9.08 Å². The van der Waals surface area contributed by atoms with Gasteiger partial charge in [0.1, 0.15) is 5.75 Å². The lowest BCUT2D eigenvalue weighted by Crippen LogP contribution is -1.94. The Morgan fingerprint density at radius 3 is 2.73 bits per heavy atom. The highest BCUT2D eigenvalue weighted by atomic mass is 32.2. The Morgan fingerprint density at radius 1 is 1.33 bits per heavy atom.